The molecule has 29 heavy (non-hydrogen) atoms. The minimum atomic E-state index is -0.627. The highest BCUT2D eigenvalue weighted by molar-refractivity contribution is 9.10. The summed E-state index contributed by atoms with van der Waals surface area (Å²) in [4.78, 5) is 16.0. The van der Waals surface area contributed by atoms with Crippen LogP contribution in [0.15, 0.2) is 53.1 Å². The van der Waals surface area contributed by atoms with Crippen LogP contribution in [0.2, 0.25) is 10.0 Å². The smallest absolute Gasteiger partial charge is 0.270 e. The number of amides is 1. The van der Waals surface area contributed by atoms with E-state index in [1.807, 2.05) is 30.3 Å². The van der Waals surface area contributed by atoms with Gasteiger partial charge in [0.15, 0.2) is 5.69 Å². The summed E-state index contributed by atoms with van der Waals surface area (Å²) in [7, 11) is 0. The molecular weight excluding hydrogens is 475 g/mol. The number of aromatic nitrogens is 2. The van der Waals surface area contributed by atoms with Gasteiger partial charge in [-0.1, -0.05) is 41.8 Å². The first kappa shape index (κ1) is 21.8. The number of rotatable bonds is 3. The van der Waals surface area contributed by atoms with Crippen molar-refractivity contribution in [2.75, 3.05) is 13.1 Å². The van der Waals surface area contributed by atoms with Crippen LogP contribution in [-0.2, 0) is 0 Å². The summed E-state index contributed by atoms with van der Waals surface area (Å²) in [6, 6.07) is 14.4. The van der Waals surface area contributed by atoms with Crippen molar-refractivity contribution < 1.29 is 4.79 Å². The van der Waals surface area contributed by atoms with Gasteiger partial charge >= 0.3 is 0 Å². The predicted molar refractivity (Wildman–Crippen MR) is 122 cm³/mol. The average Bonchev–Trinajstić information content (AvgIpc) is 3.08. The third-order valence-electron chi connectivity index (χ3n) is 4.46. The molecule has 1 saturated heterocycles. The van der Waals surface area contributed by atoms with E-state index in [0.29, 0.717) is 26.0 Å². The molecule has 0 aliphatic carbocycles. The van der Waals surface area contributed by atoms with Gasteiger partial charge in [0.2, 0.25) is 0 Å². The SMILES string of the molecule is C1CCNCC1.NC(=O)c1nc(-c2ccccc2Cl)n(-c2ccc(Cl)cc2)c1Br. The predicted octanol–water partition coefficient (Wildman–Crippen LogP) is 5.47. The fourth-order valence-corrected chi connectivity index (χ4v) is 4.01. The summed E-state index contributed by atoms with van der Waals surface area (Å²) in [5.74, 6) is -0.114. The first-order valence-corrected chi connectivity index (χ1v) is 10.8. The molecule has 1 amide bonds. The highest BCUT2D eigenvalue weighted by atomic mass is 79.9. The lowest BCUT2D eigenvalue weighted by Gasteiger charge is -2.10. The summed E-state index contributed by atoms with van der Waals surface area (Å²) < 4.78 is 2.22. The van der Waals surface area contributed by atoms with Crippen molar-refractivity contribution in [1.82, 2.24) is 14.9 Å². The maximum absolute atomic E-state index is 11.7. The zero-order valence-electron chi connectivity index (χ0n) is 15.7. The molecule has 5 nitrogen and oxygen atoms in total. The molecule has 152 valence electrons. The van der Waals surface area contributed by atoms with Gasteiger partial charge in [-0.3, -0.25) is 9.36 Å². The third kappa shape index (κ3) is 5.39. The number of piperidine rings is 1. The highest BCUT2D eigenvalue weighted by Gasteiger charge is 2.22. The van der Waals surface area contributed by atoms with Crippen LogP contribution in [-0.4, -0.2) is 28.5 Å². The first-order chi connectivity index (χ1) is 14.0. The summed E-state index contributed by atoms with van der Waals surface area (Å²) in [6.07, 6.45) is 4.22. The molecule has 1 aliphatic heterocycles. The third-order valence-corrected chi connectivity index (χ3v) is 5.77. The summed E-state index contributed by atoms with van der Waals surface area (Å²) in [5.41, 5.74) is 7.02. The van der Waals surface area contributed by atoms with E-state index < -0.39 is 5.91 Å². The van der Waals surface area contributed by atoms with Crippen LogP contribution in [0.3, 0.4) is 0 Å². The van der Waals surface area contributed by atoms with Gasteiger partial charge < -0.3 is 11.1 Å². The fourth-order valence-electron chi connectivity index (χ4n) is 3.01. The van der Waals surface area contributed by atoms with E-state index in [1.165, 1.54) is 32.4 Å². The van der Waals surface area contributed by atoms with Crippen molar-refractivity contribution in [3.63, 3.8) is 0 Å². The van der Waals surface area contributed by atoms with Crippen LogP contribution in [0.5, 0.6) is 0 Å². The van der Waals surface area contributed by atoms with E-state index in [2.05, 4.69) is 26.2 Å². The van der Waals surface area contributed by atoms with E-state index >= 15 is 0 Å². The van der Waals surface area contributed by atoms with Crippen LogP contribution < -0.4 is 11.1 Å². The highest BCUT2D eigenvalue weighted by Crippen LogP contribution is 2.33. The van der Waals surface area contributed by atoms with Crippen LogP contribution in [0.25, 0.3) is 17.1 Å². The fraction of sp³-hybridized carbons (Fsp3) is 0.238. The van der Waals surface area contributed by atoms with E-state index in [-0.39, 0.29) is 5.69 Å². The Kier molecular flexibility index (Phi) is 7.72. The molecule has 0 spiro atoms. The van der Waals surface area contributed by atoms with Gasteiger partial charge in [0.1, 0.15) is 10.4 Å². The average molecular weight is 496 g/mol. The van der Waals surface area contributed by atoms with E-state index in [1.54, 1.807) is 22.8 Å². The minimum Gasteiger partial charge on any atom is -0.364 e. The maximum Gasteiger partial charge on any atom is 0.270 e. The monoisotopic (exact) mass is 494 g/mol. The quantitative estimate of drug-likeness (QED) is 0.506. The van der Waals surface area contributed by atoms with Crippen LogP contribution >= 0.6 is 39.1 Å². The normalized spacial score (nSPS) is 13.5. The van der Waals surface area contributed by atoms with Gasteiger partial charge in [0, 0.05) is 16.3 Å². The van der Waals surface area contributed by atoms with Crippen LogP contribution in [0, 0.1) is 0 Å². The van der Waals surface area contributed by atoms with Crippen molar-refractivity contribution in [1.29, 1.82) is 0 Å². The number of nitrogens with one attached hydrogen (secondary N) is 1. The number of imidazole rings is 1. The van der Waals surface area contributed by atoms with Gasteiger partial charge in [0.05, 0.1) is 5.02 Å². The van der Waals surface area contributed by atoms with Gasteiger partial charge in [0.25, 0.3) is 5.91 Å². The van der Waals surface area contributed by atoms with Crippen molar-refractivity contribution in [2.45, 2.75) is 19.3 Å². The molecule has 1 aliphatic rings. The number of halogens is 3. The largest absolute Gasteiger partial charge is 0.364 e. The lowest BCUT2D eigenvalue weighted by molar-refractivity contribution is 0.0995. The molecule has 0 unspecified atom stereocenters. The first-order valence-electron chi connectivity index (χ1n) is 9.28. The molecule has 2 heterocycles. The number of carbonyl (C=O) groups excluding carboxylic acids is 1. The molecule has 0 atom stereocenters. The number of nitrogens with zero attached hydrogens (tertiary/aromatic N) is 2. The molecule has 3 aromatic rings. The van der Waals surface area contributed by atoms with Gasteiger partial charge in [-0.25, -0.2) is 4.98 Å². The maximum atomic E-state index is 11.7. The standard InChI is InChI=1S/C16H10BrCl2N3O.C5H11N/c17-14-13(15(20)23)21-16(11-3-1-2-4-12(11)19)22(14)10-7-5-9(18)6-8-10;1-2-4-6-5-3-1/h1-8H,(H2,20,23);6H,1-5H2. The lowest BCUT2D eigenvalue weighted by Crippen LogP contribution is -2.21. The Morgan fingerprint density at radius 3 is 2.21 bits per heavy atom. The molecule has 8 heteroatoms. The van der Waals surface area contributed by atoms with Gasteiger partial charge in [-0.2, -0.15) is 0 Å². The molecule has 4 rings (SSSR count). The zero-order valence-corrected chi connectivity index (χ0v) is 18.8. The van der Waals surface area contributed by atoms with Crippen LogP contribution in [0.4, 0.5) is 0 Å². The van der Waals surface area contributed by atoms with Crippen molar-refractivity contribution in [2.24, 2.45) is 5.73 Å². The van der Waals surface area contributed by atoms with E-state index in [0.717, 1.165) is 5.69 Å². The van der Waals surface area contributed by atoms with Crippen molar-refractivity contribution in [3.8, 4) is 17.1 Å². The number of benzene rings is 2. The molecule has 0 bridgehead atoms. The second kappa shape index (κ2) is 10.3. The number of carbonyl (C=O) groups is 1. The second-order valence-electron chi connectivity index (χ2n) is 6.54. The van der Waals surface area contributed by atoms with E-state index in [4.69, 9.17) is 28.9 Å². The lowest BCUT2D eigenvalue weighted by atomic mass is 10.2. The number of hydrogen-bond acceptors (Lipinski definition) is 3. The molecular formula is C21H21BrCl2N4O. The topological polar surface area (TPSA) is 72.9 Å². The Hall–Kier alpha value is -1.86. The molecule has 1 aromatic heterocycles. The van der Waals surface area contributed by atoms with Gasteiger partial charge in [-0.15, -0.1) is 0 Å². The second-order valence-corrected chi connectivity index (χ2v) is 8.14. The Balaban J connectivity index is 0.000000343. The Labute approximate surface area is 188 Å². The number of primary amides is 1. The molecule has 2 aromatic carbocycles. The molecule has 3 N–H and O–H groups in total. The zero-order chi connectivity index (χ0) is 20.8. The van der Waals surface area contributed by atoms with Gasteiger partial charge in [-0.05, 0) is 78.3 Å². The van der Waals surface area contributed by atoms with E-state index in [9.17, 15) is 4.79 Å². The number of nitrogens with two attached hydrogens (primary N) is 1. The summed E-state index contributed by atoms with van der Waals surface area (Å²) >= 11 is 15.6. The Bertz CT molecular complexity index is 973. The summed E-state index contributed by atoms with van der Waals surface area (Å²) in [6.45, 7) is 2.50. The van der Waals surface area contributed by atoms with Crippen molar-refractivity contribution in [3.05, 3.63) is 68.9 Å². The minimum absolute atomic E-state index is 0.134. The van der Waals surface area contributed by atoms with Crippen LogP contribution in [0.1, 0.15) is 29.8 Å². The van der Waals surface area contributed by atoms with Crippen molar-refractivity contribution >= 4 is 45.0 Å². The summed E-state index contributed by atoms with van der Waals surface area (Å²) in [5, 5.41) is 4.42. The number of hydrogen-bond donors (Lipinski definition) is 2. The molecule has 0 radical (unpaired) electrons. The Morgan fingerprint density at radius 1 is 1.03 bits per heavy atom. The molecule has 0 saturated carbocycles. The Morgan fingerprint density at radius 2 is 1.69 bits per heavy atom. The molecule has 1 fully saturated rings.